The lowest BCUT2D eigenvalue weighted by Gasteiger charge is -2.09. The molecule has 1 aromatic carbocycles. The molecule has 0 aromatic heterocycles. The van der Waals surface area contributed by atoms with E-state index in [-0.39, 0.29) is 0 Å². The minimum atomic E-state index is -3.87. The van der Waals surface area contributed by atoms with Crippen molar-refractivity contribution in [3.8, 4) is 12.3 Å². The lowest BCUT2D eigenvalue weighted by molar-refractivity contribution is 0.554. The van der Waals surface area contributed by atoms with E-state index in [1.54, 1.807) is 0 Å². The molecular weight excluding hydrogens is 217 g/mol. The Morgan fingerprint density at radius 3 is 2.60 bits per heavy atom. The predicted octanol–water partition coefficient (Wildman–Crippen LogP) is 1.13. The molecule has 80 valence electrons. The third-order valence-corrected chi connectivity index (χ3v) is 3.28. The van der Waals surface area contributed by atoms with Crippen molar-refractivity contribution >= 4 is 10.0 Å². The van der Waals surface area contributed by atoms with Gasteiger partial charge in [-0.2, -0.15) is 4.72 Å². The van der Waals surface area contributed by atoms with Crippen molar-refractivity contribution in [1.82, 2.24) is 4.72 Å². The van der Waals surface area contributed by atoms with Gasteiger partial charge in [0.2, 0.25) is 10.0 Å². The van der Waals surface area contributed by atoms with Crippen LogP contribution in [0.5, 0.6) is 0 Å². The van der Waals surface area contributed by atoms with Gasteiger partial charge in [-0.1, -0.05) is 18.1 Å². The molecule has 1 aromatic rings. The van der Waals surface area contributed by atoms with Gasteiger partial charge >= 0.3 is 0 Å². The highest BCUT2D eigenvalue weighted by atomic mass is 32.2. The fraction of sp³-hybridized carbons (Fsp3) is 0.200. The Labute approximate surface area is 88.4 Å². The maximum absolute atomic E-state index is 13.2. The molecule has 5 heteroatoms. The Bertz CT molecular complexity index is 490. The summed E-state index contributed by atoms with van der Waals surface area (Å²) in [6.45, 7) is 1.50. The second kappa shape index (κ2) is 4.43. The molecule has 3 nitrogen and oxygen atoms in total. The molecule has 0 aliphatic heterocycles. The predicted molar refractivity (Wildman–Crippen MR) is 55.0 cm³/mol. The van der Waals surface area contributed by atoms with Gasteiger partial charge in [-0.15, -0.1) is 6.42 Å². The van der Waals surface area contributed by atoms with Crippen molar-refractivity contribution in [3.05, 3.63) is 30.1 Å². The minimum absolute atomic E-state index is 0.396. The molecule has 0 radical (unpaired) electrons. The first-order valence-corrected chi connectivity index (χ1v) is 5.68. The average molecular weight is 227 g/mol. The van der Waals surface area contributed by atoms with Crippen LogP contribution in [0.3, 0.4) is 0 Å². The standard InChI is InChI=1S/C10H10FNO2S/c1-3-8(2)12-15(13,14)10-7-5-4-6-9(10)11/h1,4-8,12H,2H3. The number of rotatable bonds is 3. The van der Waals surface area contributed by atoms with Gasteiger partial charge in [-0.05, 0) is 19.1 Å². The van der Waals surface area contributed by atoms with Gasteiger partial charge in [-0.3, -0.25) is 0 Å². The highest BCUT2D eigenvalue weighted by Crippen LogP contribution is 2.13. The van der Waals surface area contributed by atoms with E-state index in [0.29, 0.717) is 0 Å². The number of nitrogens with one attached hydrogen (secondary N) is 1. The Kier molecular flexibility index (Phi) is 3.45. The van der Waals surface area contributed by atoms with E-state index in [9.17, 15) is 12.8 Å². The Balaban J connectivity index is 3.09. The summed E-state index contributed by atoms with van der Waals surface area (Å²) >= 11 is 0. The molecule has 0 saturated carbocycles. The molecular formula is C10H10FNO2S. The van der Waals surface area contributed by atoms with Gasteiger partial charge < -0.3 is 0 Å². The monoisotopic (exact) mass is 227 g/mol. The van der Waals surface area contributed by atoms with Gasteiger partial charge in [0.1, 0.15) is 10.7 Å². The number of hydrogen-bond donors (Lipinski definition) is 1. The topological polar surface area (TPSA) is 46.2 Å². The largest absolute Gasteiger partial charge is 0.244 e. The van der Waals surface area contributed by atoms with E-state index in [1.807, 2.05) is 0 Å². The second-order valence-corrected chi connectivity index (χ2v) is 4.62. The quantitative estimate of drug-likeness (QED) is 0.787. The molecule has 0 amide bonds. The zero-order valence-electron chi connectivity index (χ0n) is 8.07. The van der Waals surface area contributed by atoms with Crippen LogP contribution in [0.2, 0.25) is 0 Å². The summed E-state index contributed by atoms with van der Waals surface area (Å²) in [5, 5.41) is 0. The number of hydrogen-bond acceptors (Lipinski definition) is 2. The summed E-state index contributed by atoms with van der Waals surface area (Å²) in [4.78, 5) is -0.396. The molecule has 0 aliphatic carbocycles. The van der Waals surface area contributed by atoms with E-state index < -0.39 is 26.8 Å². The highest BCUT2D eigenvalue weighted by Gasteiger charge is 2.19. The van der Waals surface area contributed by atoms with Crippen molar-refractivity contribution in [3.63, 3.8) is 0 Å². The smallest absolute Gasteiger partial charge is 0.207 e. The average Bonchev–Trinajstić information content (AvgIpc) is 2.17. The van der Waals surface area contributed by atoms with Crippen LogP contribution in [0.4, 0.5) is 4.39 Å². The molecule has 1 rings (SSSR count). The van der Waals surface area contributed by atoms with Crippen molar-refractivity contribution in [2.75, 3.05) is 0 Å². The third-order valence-electron chi connectivity index (χ3n) is 1.71. The van der Waals surface area contributed by atoms with Crippen molar-refractivity contribution in [2.24, 2.45) is 0 Å². The lowest BCUT2D eigenvalue weighted by atomic mass is 10.3. The van der Waals surface area contributed by atoms with E-state index >= 15 is 0 Å². The molecule has 0 saturated heterocycles. The van der Waals surface area contributed by atoms with Crippen molar-refractivity contribution in [1.29, 1.82) is 0 Å². The maximum Gasteiger partial charge on any atom is 0.244 e. The number of sulfonamides is 1. The van der Waals surface area contributed by atoms with Crippen LogP contribution in [0, 0.1) is 18.2 Å². The first kappa shape index (κ1) is 11.7. The molecule has 0 heterocycles. The van der Waals surface area contributed by atoms with Crippen LogP contribution >= 0.6 is 0 Å². The summed E-state index contributed by atoms with van der Waals surface area (Å²) in [5.41, 5.74) is 0. The summed E-state index contributed by atoms with van der Waals surface area (Å²) in [7, 11) is -3.87. The fourth-order valence-corrected chi connectivity index (χ4v) is 2.24. The molecule has 0 aliphatic rings. The summed E-state index contributed by atoms with van der Waals surface area (Å²) in [6, 6.07) is 4.45. The van der Waals surface area contributed by atoms with Crippen molar-refractivity contribution < 1.29 is 12.8 Å². The normalized spacial score (nSPS) is 13.1. The molecule has 1 N–H and O–H groups in total. The summed E-state index contributed by atoms with van der Waals surface area (Å²) in [5.74, 6) is 1.40. The maximum atomic E-state index is 13.2. The molecule has 15 heavy (non-hydrogen) atoms. The summed E-state index contributed by atoms with van der Waals surface area (Å²) in [6.07, 6.45) is 5.02. The van der Waals surface area contributed by atoms with E-state index in [1.165, 1.54) is 25.1 Å². The zero-order valence-corrected chi connectivity index (χ0v) is 8.88. The first-order chi connectivity index (χ1) is 6.97. The van der Waals surface area contributed by atoms with Gasteiger partial charge in [0.25, 0.3) is 0 Å². The second-order valence-electron chi connectivity index (χ2n) is 2.94. The molecule has 0 bridgehead atoms. The van der Waals surface area contributed by atoms with Gasteiger partial charge in [0.05, 0.1) is 6.04 Å². The minimum Gasteiger partial charge on any atom is -0.207 e. The van der Waals surface area contributed by atoms with Crippen molar-refractivity contribution in [2.45, 2.75) is 17.9 Å². The number of terminal acetylenes is 1. The Morgan fingerprint density at radius 1 is 1.47 bits per heavy atom. The van der Waals surface area contributed by atoms with Crippen LogP contribution in [-0.2, 0) is 10.0 Å². The van der Waals surface area contributed by atoms with Gasteiger partial charge in [0, 0.05) is 0 Å². The summed E-state index contributed by atoms with van der Waals surface area (Å²) < 4.78 is 38.5. The SMILES string of the molecule is C#CC(C)NS(=O)(=O)c1ccccc1F. The van der Waals surface area contributed by atoms with E-state index in [4.69, 9.17) is 6.42 Å². The van der Waals surface area contributed by atoms with Gasteiger partial charge in [-0.25, -0.2) is 12.8 Å². The zero-order chi connectivity index (χ0) is 11.5. The molecule has 1 unspecified atom stereocenters. The van der Waals surface area contributed by atoms with Crippen LogP contribution in [0.15, 0.2) is 29.2 Å². The van der Waals surface area contributed by atoms with E-state index in [0.717, 1.165) is 6.07 Å². The number of halogens is 1. The fourth-order valence-electron chi connectivity index (χ4n) is 0.993. The van der Waals surface area contributed by atoms with Crippen LogP contribution < -0.4 is 4.72 Å². The lowest BCUT2D eigenvalue weighted by Crippen LogP contribution is -2.31. The van der Waals surface area contributed by atoms with Crippen LogP contribution in [0.25, 0.3) is 0 Å². The Hall–Kier alpha value is -1.38. The van der Waals surface area contributed by atoms with E-state index in [2.05, 4.69) is 10.6 Å². The Morgan fingerprint density at radius 2 is 2.07 bits per heavy atom. The molecule has 1 atom stereocenters. The van der Waals surface area contributed by atoms with Crippen LogP contribution in [-0.4, -0.2) is 14.5 Å². The third kappa shape index (κ3) is 2.78. The number of benzene rings is 1. The molecule has 0 fully saturated rings. The van der Waals surface area contributed by atoms with Gasteiger partial charge in [0.15, 0.2) is 0 Å². The first-order valence-electron chi connectivity index (χ1n) is 4.20. The molecule has 0 spiro atoms. The van der Waals surface area contributed by atoms with Crippen LogP contribution in [0.1, 0.15) is 6.92 Å². The highest BCUT2D eigenvalue weighted by molar-refractivity contribution is 7.89.